The van der Waals surface area contributed by atoms with Gasteiger partial charge in [0.1, 0.15) is 11.9 Å². The number of nitriles is 1. The van der Waals surface area contributed by atoms with E-state index in [1.54, 1.807) is 0 Å². The number of benzene rings is 1. The van der Waals surface area contributed by atoms with Gasteiger partial charge in [-0.15, -0.1) is 0 Å². The molecule has 4 rings (SSSR count). The molecule has 0 aliphatic carbocycles. The lowest BCUT2D eigenvalue weighted by Gasteiger charge is -2.32. The van der Waals surface area contributed by atoms with Crippen molar-refractivity contribution in [3.63, 3.8) is 0 Å². The number of para-hydroxylation sites is 2. The first kappa shape index (κ1) is 15.0. The lowest BCUT2D eigenvalue weighted by atomic mass is 10.1. The van der Waals surface area contributed by atoms with Crippen molar-refractivity contribution in [3.8, 4) is 6.07 Å². The van der Waals surface area contributed by atoms with Crippen molar-refractivity contribution in [1.29, 1.82) is 5.26 Å². The number of hydrogen-bond acceptors (Lipinski definition) is 4. The summed E-state index contributed by atoms with van der Waals surface area (Å²) >= 11 is 0. The fourth-order valence-electron chi connectivity index (χ4n) is 3.84. The van der Waals surface area contributed by atoms with Crippen LogP contribution in [0.2, 0.25) is 0 Å². The molecule has 0 N–H and O–H groups in total. The number of nitrogens with zero attached hydrogens (tertiary/aromatic N) is 5. The molecule has 3 heterocycles. The second-order valence-electron chi connectivity index (χ2n) is 6.71. The molecule has 0 amide bonds. The summed E-state index contributed by atoms with van der Waals surface area (Å²) in [5.74, 6) is 1.13. The number of imidazole rings is 1. The van der Waals surface area contributed by atoms with Crippen molar-refractivity contribution in [2.24, 2.45) is 0 Å². The summed E-state index contributed by atoms with van der Waals surface area (Å²) in [6.45, 7) is 3.03. The number of rotatable bonds is 2. The van der Waals surface area contributed by atoms with E-state index in [2.05, 4.69) is 46.5 Å². The van der Waals surface area contributed by atoms with Crippen LogP contribution in [-0.4, -0.2) is 41.1 Å². The van der Waals surface area contributed by atoms with Gasteiger partial charge in [-0.2, -0.15) is 5.26 Å². The minimum Gasteiger partial charge on any atom is -0.342 e. The van der Waals surface area contributed by atoms with Gasteiger partial charge in [-0.25, -0.2) is 4.98 Å². The predicted octanol–water partition coefficient (Wildman–Crippen LogP) is 3.16. The Morgan fingerprint density at radius 3 is 2.83 bits per heavy atom. The lowest BCUT2D eigenvalue weighted by Crippen LogP contribution is -2.41. The quantitative estimate of drug-likeness (QED) is 0.728. The SMILES string of the molecule is Cc1cc(N2CCC[C@H]2N(C)C)n2c(nc3ccccc32)c1C#N. The van der Waals surface area contributed by atoms with E-state index in [4.69, 9.17) is 4.98 Å². The Morgan fingerprint density at radius 1 is 1.29 bits per heavy atom. The van der Waals surface area contributed by atoms with E-state index in [1.807, 2.05) is 25.1 Å². The maximum absolute atomic E-state index is 9.61. The number of hydrogen-bond donors (Lipinski definition) is 0. The van der Waals surface area contributed by atoms with E-state index in [-0.39, 0.29) is 0 Å². The number of fused-ring (bicyclic) bond motifs is 3. The average molecular weight is 319 g/mol. The third kappa shape index (κ3) is 2.07. The standard InChI is InChI=1S/C19H21N5/c1-13-11-18(23-10-6-9-17(23)22(2)3)24-16-8-5-4-7-15(16)21-19(24)14(13)12-20/h4-5,7-8,11,17H,6,9-10H2,1-3H3/t17-/m0/s1. The van der Waals surface area contributed by atoms with Crippen molar-refractivity contribution in [2.75, 3.05) is 25.5 Å². The third-order valence-electron chi connectivity index (χ3n) is 4.98. The zero-order valence-electron chi connectivity index (χ0n) is 14.3. The summed E-state index contributed by atoms with van der Waals surface area (Å²) in [5, 5.41) is 9.61. The van der Waals surface area contributed by atoms with Gasteiger partial charge in [0, 0.05) is 6.54 Å². The molecule has 24 heavy (non-hydrogen) atoms. The van der Waals surface area contributed by atoms with Crippen LogP contribution in [-0.2, 0) is 0 Å². The van der Waals surface area contributed by atoms with Gasteiger partial charge in [-0.3, -0.25) is 9.30 Å². The fourth-order valence-corrected chi connectivity index (χ4v) is 3.84. The molecule has 1 saturated heterocycles. The van der Waals surface area contributed by atoms with E-state index in [1.165, 1.54) is 6.42 Å². The molecule has 0 spiro atoms. The highest BCUT2D eigenvalue weighted by Gasteiger charge is 2.29. The first-order chi connectivity index (χ1) is 11.6. The number of anilines is 1. The smallest absolute Gasteiger partial charge is 0.157 e. The molecule has 1 atom stereocenters. The highest BCUT2D eigenvalue weighted by molar-refractivity contribution is 5.85. The van der Waals surface area contributed by atoms with Crippen LogP contribution in [0.3, 0.4) is 0 Å². The molecule has 1 aliphatic rings. The molecule has 0 radical (unpaired) electrons. The van der Waals surface area contributed by atoms with Gasteiger partial charge < -0.3 is 4.90 Å². The Hall–Kier alpha value is -2.58. The molecular weight excluding hydrogens is 298 g/mol. The minimum absolute atomic E-state index is 0.377. The van der Waals surface area contributed by atoms with Crippen LogP contribution < -0.4 is 4.90 Å². The number of aryl methyl sites for hydroxylation is 1. The Bertz CT molecular complexity index is 963. The molecular formula is C19H21N5. The average Bonchev–Trinajstić information content (AvgIpc) is 3.19. The molecule has 5 heteroatoms. The van der Waals surface area contributed by atoms with Crippen LogP contribution in [0.15, 0.2) is 30.3 Å². The molecule has 1 aromatic carbocycles. The second kappa shape index (κ2) is 5.50. The molecule has 0 bridgehead atoms. The lowest BCUT2D eigenvalue weighted by molar-refractivity contribution is 0.300. The maximum Gasteiger partial charge on any atom is 0.157 e. The molecule has 3 aromatic rings. The van der Waals surface area contributed by atoms with Crippen LogP contribution in [0.1, 0.15) is 24.0 Å². The maximum atomic E-state index is 9.61. The monoisotopic (exact) mass is 319 g/mol. The van der Waals surface area contributed by atoms with Crippen molar-refractivity contribution in [3.05, 3.63) is 41.5 Å². The van der Waals surface area contributed by atoms with E-state index >= 15 is 0 Å². The second-order valence-corrected chi connectivity index (χ2v) is 6.71. The Kier molecular flexibility index (Phi) is 3.43. The highest BCUT2D eigenvalue weighted by Crippen LogP contribution is 2.32. The summed E-state index contributed by atoms with van der Waals surface area (Å²) in [7, 11) is 4.26. The van der Waals surface area contributed by atoms with E-state index < -0.39 is 0 Å². The molecule has 1 aliphatic heterocycles. The van der Waals surface area contributed by atoms with Crippen molar-refractivity contribution in [2.45, 2.75) is 25.9 Å². The van der Waals surface area contributed by atoms with Crippen molar-refractivity contribution in [1.82, 2.24) is 14.3 Å². The van der Waals surface area contributed by atoms with Crippen LogP contribution >= 0.6 is 0 Å². The summed E-state index contributed by atoms with van der Waals surface area (Å²) in [6.07, 6.45) is 2.71. The Labute approximate surface area is 141 Å². The zero-order chi connectivity index (χ0) is 16.8. The van der Waals surface area contributed by atoms with Gasteiger partial charge in [-0.1, -0.05) is 12.1 Å². The summed E-state index contributed by atoms with van der Waals surface area (Å²) in [5.41, 5.74) is 4.40. The van der Waals surface area contributed by atoms with Crippen LogP contribution in [0.4, 0.5) is 5.82 Å². The summed E-state index contributed by atoms with van der Waals surface area (Å²) in [4.78, 5) is 9.46. The molecule has 122 valence electrons. The van der Waals surface area contributed by atoms with Gasteiger partial charge in [0.05, 0.1) is 22.8 Å². The molecule has 5 nitrogen and oxygen atoms in total. The minimum atomic E-state index is 0.377. The largest absolute Gasteiger partial charge is 0.342 e. The van der Waals surface area contributed by atoms with Gasteiger partial charge in [-0.05, 0) is 57.6 Å². The Morgan fingerprint density at radius 2 is 2.08 bits per heavy atom. The zero-order valence-corrected chi connectivity index (χ0v) is 14.3. The fraction of sp³-hybridized carbons (Fsp3) is 0.368. The van der Waals surface area contributed by atoms with Gasteiger partial charge in [0.15, 0.2) is 5.65 Å². The molecule has 2 aromatic heterocycles. The van der Waals surface area contributed by atoms with E-state index in [0.717, 1.165) is 41.0 Å². The predicted molar refractivity (Wildman–Crippen MR) is 96.2 cm³/mol. The summed E-state index contributed by atoms with van der Waals surface area (Å²) in [6, 6.07) is 12.6. The topological polar surface area (TPSA) is 47.6 Å². The third-order valence-corrected chi connectivity index (χ3v) is 4.98. The summed E-state index contributed by atoms with van der Waals surface area (Å²) < 4.78 is 2.16. The van der Waals surface area contributed by atoms with Crippen LogP contribution in [0.5, 0.6) is 0 Å². The van der Waals surface area contributed by atoms with Gasteiger partial charge in [0.25, 0.3) is 0 Å². The van der Waals surface area contributed by atoms with Crippen molar-refractivity contribution < 1.29 is 0 Å². The van der Waals surface area contributed by atoms with Crippen molar-refractivity contribution >= 4 is 22.5 Å². The Balaban J connectivity index is 2.07. The molecule has 0 saturated carbocycles. The first-order valence-electron chi connectivity index (χ1n) is 8.36. The molecule has 0 unspecified atom stereocenters. The van der Waals surface area contributed by atoms with Gasteiger partial charge >= 0.3 is 0 Å². The number of pyridine rings is 1. The number of aromatic nitrogens is 2. The highest BCUT2D eigenvalue weighted by atomic mass is 15.4. The normalized spacial score (nSPS) is 18.0. The molecule has 1 fully saturated rings. The van der Waals surface area contributed by atoms with E-state index in [9.17, 15) is 5.26 Å². The van der Waals surface area contributed by atoms with E-state index in [0.29, 0.717) is 11.7 Å². The van der Waals surface area contributed by atoms with Crippen LogP contribution in [0, 0.1) is 18.3 Å². The first-order valence-corrected chi connectivity index (χ1v) is 8.36. The van der Waals surface area contributed by atoms with Crippen LogP contribution in [0.25, 0.3) is 16.7 Å². The van der Waals surface area contributed by atoms with Gasteiger partial charge in [0.2, 0.25) is 0 Å².